The summed E-state index contributed by atoms with van der Waals surface area (Å²) in [5, 5.41) is 0. The van der Waals surface area contributed by atoms with Crippen LogP contribution in [0.15, 0.2) is 78.2 Å². The molecule has 0 bridgehead atoms. The van der Waals surface area contributed by atoms with E-state index in [0.717, 1.165) is 11.1 Å². The van der Waals surface area contributed by atoms with E-state index >= 15 is 0 Å². The molecule has 2 aromatic heterocycles. The van der Waals surface area contributed by atoms with Crippen molar-refractivity contribution in [2.75, 3.05) is 6.61 Å². The molecule has 1 atom stereocenters. The van der Waals surface area contributed by atoms with Gasteiger partial charge in [0, 0.05) is 12.4 Å². The lowest BCUT2D eigenvalue weighted by Gasteiger charge is -2.08. The summed E-state index contributed by atoms with van der Waals surface area (Å²) in [6, 6.07) is 17.5. The van der Waals surface area contributed by atoms with Gasteiger partial charge in [-0.15, -0.1) is 0 Å². The van der Waals surface area contributed by atoms with Gasteiger partial charge in [-0.1, -0.05) is 30.3 Å². The standard InChI is InChI=1S/C19H15N3O2/c1-2-6-14(7-3-1)17-13-23-19(22-17)16-9-5-11-21-18(16)24-15-8-4-10-20-12-15/h1-12,17H,13H2/t17-/m1/s1. The second-order valence-electron chi connectivity index (χ2n) is 5.32. The Balaban J connectivity index is 1.63. The second kappa shape index (κ2) is 6.50. The van der Waals surface area contributed by atoms with Crippen LogP contribution in [-0.4, -0.2) is 22.5 Å². The SMILES string of the molecule is c1ccc([C@H]2COC(c3cccnc3Oc3cccnc3)=N2)cc1. The number of hydrogen-bond acceptors (Lipinski definition) is 5. The van der Waals surface area contributed by atoms with Crippen LogP contribution in [0.2, 0.25) is 0 Å². The van der Waals surface area contributed by atoms with Crippen molar-refractivity contribution in [3.8, 4) is 11.6 Å². The zero-order valence-corrected chi connectivity index (χ0v) is 12.9. The largest absolute Gasteiger partial charge is 0.475 e. The summed E-state index contributed by atoms with van der Waals surface area (Å²) in [7, 11) is 0. The first-order chi connectivity index (χ1) is 11.9. The van der Waals surface area contributed by atoms with Crippen LogP contribution < -0.4 is 4.74 Å². The number of aromatic nitrogens is 2. The zero-order valence-electron chi connectivity index (χ0n) is 12.9. The van der Waals surface area contributed by atoms with Gasteiger partial charge in [-0.2, -0.15) is 0 Å². The molecule has 0 fully saturated rings. The first-order valence-corrected chi connectivity index (χ1v) is 7.69. The third-order valence-corrected chi connectivity index (χ3v) is 3.69. The summed E-state index contributed by atoms with van der Waals surface area (Å²) in [6.45, 7) is 0.514. The Hall–Kier alpha value is -3.21. The first-order valence-electron chi connectivity index (χ1n) is 7.69. The quantitative estimate of drug-likeness (QED) is 0.734. The Morgan fingerprint density at radius 2 is 1.83 bits per heavy atom. The molecule has 24 heavy (non-hydrogen) atoms. The number of benzene rings is 1. The Morgan fingerprint density at radius 3 is 2.67 bits per heavy atom. The highest BCUT2D eigenvalue weighted by Gasteiger charge is 2.24. The van der Waals surface area contributed by atoms with Gasteiger partial charge in [0.1, 0.15) is 18.4 Å². The second-order valence-corrected chi connectivity index (χ2v) is 5.32. The van der Waals surface area contributed by atoms with E-state index < -0.39 is 0 Å². The van der Waals surface area contributed by atoms with Crippen LogP contribution in [0.4, 0.5) is 0 Å². The molecule has 5 nitrogen and oxygen atoms in total. The lowest BCUT2D eigenvalue weighted by molar-refractivity contribution is 0.318. The van der Waals surface area contributed by atoms with Crippen LogP contribution in [0.25, 0.3) is 0 Å². The van der Waals surface area contributed by atoms with E-state index in [2.05, 4.69) is 27.1 Å². The molecular formula is C19H15N3O2. The fourth-order valence-corrected chi connectivity index (χ4v) is 2.52. The van der Waals surface area contributed by atoms with E-state index in [0.29, 0.717) is 24.1 Å². The van der Waals surface area contributed by atoms with Crippen molar-refractivity contribution in [2.24, 2.45) is 4.99 Å². The summed E-state index contributed by atoms with van der Waals surface area (Å²) in [5.41, 5.74) is 1.87. The average molecular weight is 317 g/mol. The third kappa shape index (κ3) is 2.96. The number of hydrogen-bond donors (Lipinski definition) is 0. The van der Waals surface area contributed by atoms with Crippen LogP contribution >= 0.6 is 0 Å². The van der Waals surface area contributed by atoms with Gasteiger partial charge in [0.25, 0.3) is 0 Å². The molecule has 0 aliphatic carbocycles. The molecule has 0 amide bonds. The van der Waals surface area contributed by atoms with Gasteiger partial charge in [-0.25, -0.2) is 9.98 Å². The number of aliphatic imine (C=N–C) groups is 1. The number of nitrogens with zero attached hydrogens (tertiary/aromatic N) is 3. The summed E-state index contributed by atoms with van der Waals surface area (Å²) < 4.78 is 11.6. The molecule has 4 rings (SSSR count). The van der Waals surface area contributed by atoms with Crippen LogP contribution in [0, 0.1) is 0 Å². The highest BCUT2D eigenvalue weighted by molar-refractivity contribution is 5.97. The highest BCUT2D eigenvalue weighted by Crippen LogP contribution is 2.29. The van der Waals surface area contributed by atoms with E-state index in [1.165, 1.54) is 0 Å². The molecule has 0 radical (unpaired) electrons. The summed E-state index contributed by atoms with van der Waals surface area (Å²) >= 11 is 0. The van der Waals surface area contributed by atoms with E-state index in [9.17, 15) is 0 Å². The van der Waals surface area contributed by atoms with Crippen LogP contribution in [0.5, 0.6) is 11.6 Å². The van der Waals surface area contributed by atoms with Gasteiger partial charge in [-0.05, 0) is 29.8 Å². The molecule has 3 aromatic rings. The lowest BCUT2D eigenvalue weighted by Crippen LogP contribution is -2.04. The molecule has 0 saturated heterocycles. The molecule has 1 aliphatic heterocycles. The maximum Gasteiger partial charge on any atom is 0.232 e. The minimum absolute atomic E-state index is 0.00681. The molecule has 1 aromatic carbocycles. The maximum absolute atomic E-state index is 5.83. The molecule has 0 spiro atoms. The summed E-state index contributed by atoms with van der Waals surface area (Å²) in [4.78, 5) is 13.0. The number of rotatable bonds is 4. The third-order valence-electron chi connectivity index (χ3n) is 3.69. The Morgan fingerprint density at radius 1 is 0.958 bits per heavy atom. The van der Waals surface area contributed by atoms with E-state index in [1.54, 1.807) is 18.6 Å². The van der Waals surface area contributed by atoms with Gasteiger partial charge in [-0.3, -0.25) is 4.98 Å². The van der Waals surface area contributed by atoms with Gasteiger partial charge < -0.3 is 9.47 Å². The first kappa shape index (κ1) is 14.4. The van der Waals surface area contributed by atoms with Crippen LogP contribution in [0.3, 0.4) is 0 Å². The lowest BCUT2D eigenvalue weighted by atomic mass is 10.1. The van der Waals surface area contributed by atoms with E-state index in [4.69, 9.17) is 9.47 Å². The van der Waals surface area contributed by atoms with Crippen molar-refractivity contribution in [1.82, 2.24) is 9.97 Å². The molecular weight excluding hydrogens is 302 g/mol. The maximum atomic E-state index is 5.83. The van der Waals surface area contributed by atoms with Gasteiger partial charge in [0.15, 0.2) is 0 Å². The Kier molecular flexibility index (Phi) is 3.90. The minimum atomic E-state index is -0.00681. The monoisotopic (exact) mass is 317 g/mol. The predicted molar refractivity (Wildman–Crippen MR) is 90.2 cm³/mol. The zero-order chi connectivity index (χ0) is 16.2. The van der Waals surface area contributed by atoms with Gasteiger partial charge in [0.2, 0.25) is 11.8 Å². The molecule has 118 valence electrons. The van der Waals surface area contributed by atoms with Crippen molar-refractivity contribution < 1.29 is 9.47 Å². The van der Waals surface area contributed by atoms with Crippen molar-refractivity contribution in [2.45, 2.75) is 6.04 Å². The average Bonchev–Trinajstić information content (AvgIpc) is 3.14. The van der Waals surface area contributed by atoms with Crippen molar-refractivity contribution in [1.29, 1.82) is 0 Å². The Bertz CT molecular complexity index is 851. The fraction of sp³-hybridized carbons (Fsp3) is 0.105. The topological polar surface area (TPSA) is 56.6 Å². The number of ether oxygens (including phenoxy) is 2. The molecule has 5 heteroatoms. The molecule has 0 saturated carbocycles. The smallest absolute Gasteiger partial charge is 0.232 e. The Labute approximate surface area is 139 Å². The van der Waals surface area contributed by atoms with Crippen molar-refractivity contribution in [3.05, 3.63) is 84.3 Å². The highest BCUT2D eigenvalue weighted by atomic mass is 16.5. The molecule has 1 aliphatic rings. The van der Waals surface area contributed by atoms with E-state index in [1.807, 2.05) is 42.5 Å². The van der Waals surface area contributed by atoms with Crippen molar-refractivity contribution in [3.63, 3.8) is 0 Å². The molecule has 0 unspecified atom stereocenters. The molecule has 0 N–H and O–H groups in total. The van der Waals surface area contributed by atoms with Crippen LogP contribution in [-0.2, 0) is 4.74 Å². The summed E-state index contributed by atoms with van der Waals surface area (Å²) in [5.74, 6) is 1.63. The normalized spacial score (nSPS) is 16.3. The fourth-order valence-electron chi connectivity index (χ4n) is 2.52. The van der Waals surface area contributed by atoms with E-state index in [-0.39, 0.29) is 6.04 Å². The minimum Gasteiger partial charge on any atom is -0.475 e. The van der Waals surface area contributed by atoms with Crippen molar-refractivity contribution >= 4 is 5.90 Å². The number of pyridine rings is 2. The molecule has 3 heterocycles. The summed E-state index contributed by atoms with van der Waals surface area (Å²) in [6.07, 6.45) is 5.02. The van der Waals surface area contributed by atoms with Crippen LogP contribution in [0.1, 0.15) is 17.2 Å². The predicted octanol–water partition coefficient (Wildman–Crippen LogP) is 3.79. The van der Waals surface area contributed by atoms with Gasteiger partial charge >= 0.3 is 0 Å². The van der Waals surface area contributed by atoms with Gasteiger partial charge in [0.05, 0.1) is 11.8 Å².